The number of carbonyl (C=O) groups is 1. The third-order valence-corrected chi connectivity index (χ3v) is 3.83. The fourth-order valence-electron chi connectivity index (χ4n) is 2.63. The lowest BCUT2D eigenvalue weighted by molar-refractivity contribution is 0.0697. The van der Waals surface area contributed by atoms with Crippen molar-refractivity contribution in [1.82, 2.24) is 4.90 Å². The number of piperidine rings is 1. The van der Waals surface area contributed by atoms with Gasteiger partial charge in [0.05, 0.1) is 16.8 Å². The van der Waals surface area contributed by atoms with Gasteiger partial charge in [-0.15, -0.1) is 0 Å². The van der Waals surface area contributed by atoms with Crippen LogP contribution < -0.4 is 4.90 Å². The van der Waals surface area contributed by atoms with Gasteiger partial charge in [0.1, 0.15) is 6.07 Å². The average molecular weight is 273 g/mol. The summed E-state index contributed by atoms with van der Waals surface area (Å²) in [6.45, 7) is 1.78. The molecule has 1 saturated heterocycles. The summed E-state index contributed by atoms with van der Waals surface area (Å²) in [5.41, 5.74) is 1.43. The van der Waals surface area contributed by atoms with Gasteiger partial charge in [0.15, 0.2) is 0 Å². The predicted molar refractivity (Wildman–Crippen MR) is 77.0 cm³/mol. The largest absolute Gasteiger partial charge is 0.478 e. The number of benzene rings is 1. The fourth-order valence-corrected chi connectivity index (χ4v) is 2.63. The average Bonchev–Trinajstić information content (AvgIpc) is 2.46. The van der Waals surface area contributed by atoms with Gasteiger partial charge in [-0.05, 0) is 45.1 Å². The molecule has 1 fully saturated rings. The zero-order valence-electron chi connectivity index (χ0n) is 11.8. The van der Waals surface area contributed by atoms with Crippen LogP contribution in [0.15, 0.2) is 18.2 Å². The zero-order chi connectivity index (χ0) is 14.7. The van der Waals surface area contributed by atoms with Crippen molar-refractivity contribution in [1.29, 1.82) is 5.26 Å². The van der Waals surface area contributed by atoms with Crippen molar-refractivity contribution in [2.75, 3.05) is 32.1 Å². The smallest absolute Gasteiger partial charge is 0.335 e. The van der Waals surface area contributed by atoms with Gasteiger partial charge in [-0.25, -0.2) is 4.79 Å². The number of carboxylic acids is 1. The van der Waals surface area contributed by atoms with Crippen molar-refractivity contribution in [2.45, 2.75) is 18.9 Å². The molecule has 1 aliphatic rings. The molecule has 20 heavy (non-hydrogen) atoms. The molecule has 1 atom stereocenters. The maximum Gasteiger partial charge on any atom is 0.335 e. The van der Waals surface area contributed by atoms with E-state index < -0.39 is 5.97 Å². The maximum absolute atomic E-state index is 11.0. The quantitative estimate of drug-likeness (QED) is 0.909. The second-order valence-corrected chi connectivity index (χ2v) is 5.35. The van der Waals surface area contributed by atoms with Crippen molar-refractivity contribution >= 4 is 11.7 Å². The Hall–Kier alpha value is -2.06. The number of anilines is 1. The molecule has 0 aliphatic carbocycles. The molecule has 2 rings (SSSR count). The van der Waals surface area contributed by atoms with Crippen LogP contribution in [-0.2, 0) is 0 Å². The molecule has 5 nitrogen and oxygen atoms in total. The summed E-state index contributed by atoms with van der Waals surface area (Å²) in [6, 6.07) is 7.35. The molecular weight excluding hydrogens is 254 g/mol. The second kappa shape index (κ2) is 5.93. The van der Waals surface area contributed by atoms with Crippen molar-refractivity contribution < 1.29 is 9.90 Å². The van der Waals surface area contributed by atoms with E-state index in [9.17, 15) is 10.1 Å². The lowest BCUT2D eigenvalue weighted by Crippen LogP contribution is -2.45. The summed E-state index contributed by atoms with van der Waals surface area (Å²) in [4.78, 5) is 15.3. The Morgan fingerprint density at radius 1 is 1.50 bits per heavy atom. The highest BCUT2D eigenvalue weighted by molar-refractivity contribution is 5.89. The van der Waals surface area contributed by atoms with Gasteiger partial charge in [-0.1, -0.05) is 0 Å². The first kappa shape index (κ1) is 14.4. The van der Waals surface area contributed by atoms with E-state index >= 15 is 0 Å². The molecule has 0 saturated carbocycles. The van der Waals surface area contributed by atoms with E-state index in [0.29, 0.717) is 11.6 Å². The first-order valence-electron chi connectivity index (χ1n) is 6.71. The molecule has 1 heterocycles. The maximum atomic E-state index is 11.0. The molecule has 0 aromatic heterocycles. The molecule has 0 bridgehead atoms. The lowest BCUT2D eigenvalue weighted by atomic mass is 10.0. The Labute approximate surface area is 119 Å². The van der Waals surface area contributed by atoms with Crippen LogP contribution in [-0.4, -0.2) is 49.2 Å². The Kier molecular flexibility index (Phi) is 4.26. The Morgan fingerprint density at radius 3 is 2.85 bits per heavy atom. The summed E-state index contributed by atoms with van der Waals surface area (Å²) in [5.74, 6) is -1.00. The van der Waals surface area contributed by atoms with Crippen molar-refractivity contribution in [3.05, 3.63) is 29.3 Å². The molecule has 0 amide bonds. The highest BCUT2D eigenvalue weighted by atomic mass is 16.4. The van der Waals surface area contributed by atoms with E-state index in [2.05, 4.69) is 30.0 Å². The summed E-state index contributed by atoms with van der Waals surface area (Å²) in [5, 5.41) is 18.2. The summed E-state index contributed by atoms with van der Waals surface area (Å²) >= 11 is 0. The van der Waals surface area contributed by atoms with Crippen LogP contribution in [0.25, 0.3) is 0 Å². The van der Waals surface area contributed by atoms with E-state index in [4.69, 9.17) is 5.11 Å². The zero-order valence-corrected chi connectivity index (χ0v) is 11.8. The van der Waals surface area contributed by atoms with Gasteiger partial charge in [-0.3, -0.25) is 0 Å². The van der Waals surface area contributed by atoms with Crippen LogP contribution >= 0.6 is 0 Å². The standard InChI is InChI=1S/C15H19N3O2/c1-17(2)13-4-3-7-18(10-13)14-6-5-11(15(19)20)8-12(14)9-16/h5-6,8,13H,3-4,7,10H2,1-2H3,(H,19,20). The number of aromatic carboxylic acids is 1. The third-order valence-electron chi connectivity index (χ3n) is 3.83. The third kappa shape index (κ3) is 2.91. The Bertz CT molecular complexity index is 549. The number of likely N-dealkylation sites (N-methyl/N-ethyl adjacent to an activating group) is 1. The van der Waals surface area contributed by atoms with Crippen molar-refractivity contribution in [2.24, 2.45) is 0 Å². The van der Waals surface area contributed by atoms with E-state index in [1.54, 1.807) is 12.1 Å². The summed E-state index contributed by atoms with van der Waals surface area (Å²) in [6.07, 6.45) is 2.23. The number of rotatable bonds is 3. The van der Waals surface area contributed by atoms with Crippen LogP contribution in [0.5, 0.6) is 0 Å². The predicted octanol–water partition coefficient (Wildman–Crippen LogP) is 1.79. The monoisotopic (exact) mass is 273 g/mol. The van der Waals surface area contributed by atoms with Crippen molar-refractivity contribution in [3.8, 4) is 6.07 Å². The molecule has 1 aromatic rings. The second-order valence-electron chi connectivity index (χ2n) is 5.35. The SMILES string of the molecule is CN(C)C1CCCN(c2ccc(C(=O)O)cc2C#N)C1. The number of nitriles is 1. The van der Waals surface area contributed by atoms with E-state index in [-0.39, 0.29) is 5.56 Å². The molecular formula is C15H19N3O2. The normalized spacial score (nSPS) is 18.9. The van der Waals surface area contributed by atoms with Gasteiger partial charge in [0.2, 0.25) is 0 Å². The number of hydrogen-bond donors (Lipinski definition) is 1. The van der Waals surface area contributed by atoms with Crippen LogP contribution in [0, 0.1) is 11.3 Å². The first-order chi connectivity index (χ1) is 9.52. The molecule has 1 aliphatic heterocycles. The molecule has 1 aromatic carbocycles. The number of nitrogens with zero attached hydrogens (tertiary/aromatic N) is 3. The Morgan fingerprint density at radius 2 is 2.25 bits per heavy atom. The summed E-state index contributed by atoms with van der Waals surface area (Å²) < 4.78 is 0. The minimum atomic E-state index is -1.00. The molecule has 1 unspecified atom stereocenters. The molecule has 106 valence electrons. The molecule has 5 heteroatoms. The number of hydrogen-bond acceptors (Lipinski definition) is 4. The van der Waals surface area contributed by atoms with Crippen LogP contribution in [0.1, 0.15) is 28.8 Å². The van der Waals surface area contributed by atoms with Gasteiger partial charge < -0.3 is 14.9 Å². The summed E-state index contributed by atoms with van der Waals surface area (Å²) in [7, 11) is 4.12. The van der Waals surface area contributed by atoms with Crippen LogP contribution in [0.4, 0.5) is 5.69 Å². The molecule has 0 spiro atoms. The van der Waals surface area contributed by atoms with E-state index in [0.717, 1.165) is 31.6 Å². The van der Waals surface area contributed by atoms with E-state index in [1.165, 1.54) is 6.07 Å². The first-order valence-corrected chi connectivity index (χ1v) is 6.71. The molecule has 1 N–H and O–H groups in total. The van der Waals surface area contributed by atoms with E-state index in [1.807, 2.05) is 0 Å². The Balaban J connectivity index is 2.28. The highest BCUT2D eigenvalue weighted by Gasteiger charge is 2.23. The van der Waals surface area contributed by atoms with Crippen LogP contribution in [0.2, 0.25) is 0 Å². The topological polar surface area (TPSA) is 67.6 Å². The fraction of sp³-hybridized carbons (Fsp3) is 0.467. The minimum absolute atomic E-state index is 0.159. The van der Waals surface area contributed by atoms with Crippen LogP contribution in [0.3, 0.4) is 0 Å². The van der Waals surface area contributed by atoms with Gasteiger partial charge in [0.25, 0.3) is 0 Å². The highest BCUT2D eigenvalue weighted by Crippen LogP contribution is 2.26. The minimum Gasteiger partial charge on any atom is -0.478 e. The van der Waals surface area contributed by atoms with Gasteiger partial charge >= 0.3 is 5.97 Å². The van der Waals surface area contributed by atoms with Gasteiger partial charge in [-0.2, -0.15) is 5.26 Å². The van der Waals surface area contributed by atoms with Gasteiger partial charge in [0, 0.05) is 19.1 Å². The van der Waals surface area contributed by atoms with Crippen molar-refractivity contribution in [3.63, 3.8) is 0 Å². The molecule has 0 radical (unpaired) electrons. The lowest BCUT2D eigenvalue weighted by Gasteiger charge is -2.37. The number of carboxylic acid groups (broad SMARTS) is 1.